The van der Waals surface area contributed by atoms with E-state index in [1.165, 1.54) is 12.1 Å². The second kappa shape index (κ2) is 9.87. The first-order valence-corrected chi connectivity index (χ1v) is 10.7. The van der Waals surface area contributed by atoms with E-state index >= 15 is 0 Å². The predicted octanol–water partition coefficient (Wildman–Crippen LogP) is 3.76. The van der Waals surface area contributed by atoms with Crippen molar-refractivity contribution in [2.24, 2.45) is 0 Å². The van der Waals surface area contributed by atoms with Gasteiger partial charge in [-0.3, -0.25) is 9.78 Å². The van der Waals surface area contributed by atoms with Crippen molar-refractivity contribution in [3.8, 4) is 5.75 Å². The molecule has 1 saturated heterocycles. The number of likely N-dealkylation sites (tertiary alicyclic amines) is 1. The zero-order chi connectivity index (χ0) is 21.6. The minimum absolute atomic E-state index is 0.223. The van der Waals surface area contributed by atoms with Crippen LogP contribution in [-0.4, -0.2) is 54.2 Å². The lowest BCUT2D eigenvalue weighted by molar-refractivity contribution is 0.0957. The van der Waals surface area contributed by atoms with Crippen LogP contribution >= 0.6 is 0 Å². The molecule has 164 valence electrons. The Bertz CT molecular complexity index is 1030. The standard InChI is InChI=1S/C23H27FN4O3/c1-25-23(29)20-15-18(6-9-26-20)30-13-3-2-10-28-11-7-16(8-12-28)22-19-5-4-17(24)14-21(19)31-27-22/h4-6,9,14-16H,2-3,7-8,10-13H2,1H3,(H,25,29). The summed E-state index contributed by atoms with van der Waals surface area (Å²) >= 11 is 0. The van der Waals surface area contributed by atoms with Crippen LogP contribution in [0.4, 0.5) is 4.39 Å². The molecular weight excluding hydrogens is 399 g/mol. The lowest BCUT2D eigenvalue weighted by Gasteiger charge is -2.31. The van der Waals surface area contributed by atoms with Gasteiger partial charge in [0, 0.05) is 36.7 Å². The van der Waals surface area contributed by atoms with Crippen LogP contribution < -0.4 is 10.1 Å². The van der Waals surface area contributed by atoms with Crippen molar-refractivity contribution in [2.45, 2.75) is 31.6 Å². The Balaban J connectivity index is 1.18. The van der Waals surface area contributed by atoms with Gasteiger partial charge in [-0.25, -0.2) is 4.39 Å². The number of carbonyl (C=O) groups is 1. The van der Waals surface area contributed by atoms with Crippen LogP contribution in [0.25, 0.3) is 11.0 Å². The lowest BCUT2D eigenvalue weighted by atomic mass is 9.91. The van der Waals surface area contributed by atoms with Gasteiger partial charge in [0.05, 0.1) is 12.3 Å². The molecule has 0 atom stereocenters. The molecular formula is C23H27FN4O3. The minimum Gasteiger partial charge on any atom is -0.493 e. The van der Waals surface area contributed by atoms with Crippen LogP contribution in [0.5, 0.6) is 5.75 Å². The number of halogens is 1. The summed E-state index contributed by atoms with van der Waals surface area (Å²) in [7, 11) is 1.58. The van der Waals surface area contributed by atoms with Gasteiger partial charge in [-0.05, 0) is 63.5 Å². The number of nitrogens with zero attached hydrogens (tertiary/aromatic N) is 3. The normalized spacial score (nSPS) is 15.3. The lowest BCUT2D eigenvalue weighted by Crippen LogP contribution is -2.34. The van der Waals surface area contributed by atoms with Gasteiger partial charge in [0.1, 0.15) is 17.3 Å². The highest BCUT2D eigenvalue weighted by molar-refractivity contribution is 5.92. The predicted molar refractivity (Wildman–Crippen MR) is 115 cm³/mol. The molecule has 1 amide bonds. The van der Waals surface area contributed by atoms with E-state index in [1.807, 2.05) is 0 Å². The Kier molecular flexibility index (Phi) is 6.76. The fraction of sp³-hybridized carbons (Fsp3) is 0.435. The molecule has 0 radical (unpaired) electrons. The third-order valence-electron chi connectivity index (χ3n) is 5.76. The first-order chi connectivity index (χ1) is 15.1. The maximum absolute atomic E-state index is 13.4. The molecule has 1 aliphatic heterocycles. The Hall–Kier alpha value is -3.00. The second-order valence-corrected chi connectivity index (χ2v) is 7.84. The number of hydrogen-bond donors (Lipinski definition) is 1. The summed E-state index contributed by atoms with van der Waals surface area (Å²) in [6.07, 6.45) is 5.61. The minimum atomic E-state index is -0.301. The molecule has 0 bridgehead atoms. The van der Waals surface area contributed by atoms with Crippen molar-refractivity contribution in [1.82, 2.24) is 20.4 Å². The van der Waals surface area contributed by atoms with Gasteiger partial charge in [0.25, 0.3) is 5.91 Å². The molecule has 1 aromatic carbocycles. The number of ether oxygens (including phenoxy) is 1. The molecule has 1 fully saturated rings. The number of aromatic nitrogens is 2. The van der Waals surface area contributed by atoms with E-state index in [1.54, 1.807) is 31.4 Å². The van der Waals surface area contributed by atoms with Crippen LogP contribution in [-0.2, 0) is 0 Å². The first kappa shape index (κ1) is 21.2. The monoisotopic (exact) mass is 426 g/mol. The fourth-order valence-electron chi connectivity index (χ4n) is 4.04. The Morgan fingerprint density at radius 2 is 2.10 bits per heavy atom. The average molecular weight is 426 g/mol. The van der Waals surface area contributed by atoms with Crippen molar-refractivity contribution < 1.29 is 18.4 Å². The van der Waals surface area contributed by atoms with Crippen LogP contribution in [0.1, 0.15) is 47.8 Å². The largest absolute Gasteiger partial charge is 0.493 e. The number of carbonyl (C=O) groups excluding carboxylic acids is 1. The molecule has 7 nitrogen and oxygen atoms in total. The topological polar surface area (TPSA) is 80.5 Å². The van der Waals surface area contributed by atoms with Gasteiger partial charge in [-0.1, -0.05) is 5.16 Å². The number of fused-ring (bicyclic) bond motifs is 1. The van der Waals surface area contributed by atoms with E-state index in [0.717, 1.165) is 56.4 Å². The van der Waals surface area contributed by atoms with E-state index < -0.39 is 0 Å². The molecule has 0 saturated carbocycles. The fourth-order valence-corrected chi connectivity index (χ4v) is 4.04. The van der Waals surface area contributed by atoms with E-state index in [-0.39, 0.29) is 11.7 Å². The van der Waals surface area contributed by atoms with Crippen LogP contribution in [0.3, 0.4) is 0 Å². The average Bonchev–Trinajstić information content (AvgIpc) is 3.22. The maximum atomic E-state index is 13.4. The zero-order valence-corrected chi connectivity index (χ0v) is 17.6. The number of unbranched alkanes of at least 4 members (excludes halogenated alkanes) is 1. The number of amides is 1. The van der Waals surface area contributed by atoms with Gasteiger partial charge in [0.15, 0.2) is 5.58 Å². The third kappa shape index (κ3) is 5.19. The Morgan fingerprint density at radius 3 is 2.90 bits per heavy atom. The summed E-state index contributed by atoms with van der Waals surface area (Å²) < 4.78 is 24.4. The van der Waals surface area contributed by atoms with E-state index in [2.05, 4.69) is 20.4 Å². The molecule has 3 aromatic rings. The molecule has 0 spiro atoms. The molecule has 31 heavy (non-hydrogen) atoms. The van der Waals surface area contributed by atoms with E-state index in [0.29, 0.717) is 29.6 Å². The van der Waals surface area contributed by atoms with Crippen molar-refractivity contribution >= 4 is 16.9 Å². The quantitative estimate of drug-likeness (QED) is 0.553. The first-order valence-electron chi connectivity index (χ1n) is 10.7. The SMILES string of the molecule is CNC(=O)c1cc(OCCCCN2CCC(c3noc4cc(F)ccc34)CC2)ccn1. The number of piperidine rings is 1. The Morgan fingerprint density at radius 1 is 1.26 bits per heavy atom. The summed E-state index contributed by atoms with van der Waals surface area (Å²) in [4.78, 5) is 18.1. The maximum Gasteiger partial charge on any atom is 0.269 e. The molecule has 0 aliphatic carbocycles. The summed E-state index contributed by atoms with van der Waals surface area (Å²) in [6.45, 7) is 3.66. The van der Waals surface area contributed by atoms with Gasteiger partial charge in [0.2, 0.25) is 0 Å². The highest BCUT2D eigenvalue weighted by atomic mass is 19.1. The molecule has 8 heteroatoms. The number of nitrogens with one attached hydrogen (secondary N) is 1. The number of pyridine rings is 1. The summed E-state index contributed by atoms with van der Waals surface area (Å²) in [5.74, 6) is 0.492. The van der Waals surface area contributed by atoms with Crippen LogP contribution in [0, 0.1) is 5.82 Å². The summed E-state index contributed by atoms with van der Waals surface area (Å²) in [6, 6.07) is 8.05. The molecule has 0 unspecified atom stereocenters. The van der Waals surface area contributed by atoms with Gasteiger partial charge >= 0.3 is 0 Å². The summed E-state index contributed by atoms with van der Waals surface area (Å²) in [5.41, 5.74) is 1.83. The van der Waals surface area contributed by atoms with Crippen molar-refractivity contribution in [3.63, 3.8) is 0 Å². The zero-order valence-electron chi connectivity index (χ0n) is 17.6. The second-order valence-electron chi connectivity index (χ2n) is 7.84. The smallest absolute Gasteiger partial charge is 0.269 e. The van der Waals surface area contributed by atoms with Crippen molar-refractivity contribution in [2.75, 3.05) is 33.3 Å². The molecule has 1 N–H and O–H groups in total. The third-order valence-corrected chi connectivity index (χ3v) is 5.76. The number of hydrogen-bond acceptors (Lipinski definition) is 6. The highest BCUT2D eigenvalue weighted by Crippen LogP contribution is 2.32. The summed E-state index contributed by atoms with van der Waals surface area (Å²) in [5, 5.41) is 7.70. The van der Waals surface area contributed by atoms with Crippen molar-refractivity contribution in [1.29, 1.82) is 0 Å². The Labute approximate surface area is 180 Å². The number of benzene rings is 1. The molecule has 1 aliphatic rings. The molecule has 3 heterocycles. The van der Waals surface area contributed by atoms with Gasteiger partial charge in [-0.15, -0.1) is 0 Å². The van der Waals surface area contributed by atoms with E-state index in [4.69, 9.17) is 9.26 Å². The highest BCUT2D eigenvalue weighted by Gasteiger charge is 2.24. The molecule has 2 aromatic heterocycles. The number of rotatable bonds is 8. The molecule has 4 rings (SSSR count). The van der Waals surface area contributed by atoms with Crippen LogP contribution in [0.15, 0.2) is 41.1 Å². The van der Waals surface area contributed by atoms with Gasteiger partial charge < -0.3 is 19.5 Å². The van der Waals surface area contributed by atoms with Crippen molar-refractivity contribution in [3.05, 3.63) is 53.7 Å². The van der Waals surface area contributed by atoms with Gasteiger partial charge in [-0.2, -0.15) is 0 Å². The van der Waals surface area contributed by atoms with E-state index in [9.17, 15) is 9.18 Å². The van der Waals surface area contributed by atoms with Crippen LogP contribution in [0.2, 0.25) is 0 Å².